The van der Waals surface area contributed by atoms with Crippen LogP contribution < -0.4 is 15.4 Å². The highest BCUT2D eigenvalue weighted by Gasteiger charge is 2.09. The lowest BCUT2D eigenvalue weighted by atomic mass is 10.1. The molecule has 3 rings (SSSR count). The van der Waals surface area contributed by atoms with E-state index in [1.807, 2.05) is 24.3 Å². The molecule has 29 heavy (non-hydrogen) atoms. The van der Waals surface area contributed by atoms with Gasteiger partial charge in [0.05, 0.1) is 7.11 Å². The molecule has 7 heteroatoms. The van der Waals surface area contributed by atoms with Gasteiger partial charge in [-0.2, -0.15) is 0 Å². The highest BCUT2D eigenvalue weighted by Crippen LogP contribution is 2.13. The topological polar surface area (TPSA) is 76.1 Å². The summed E-state index contributed by atoms with van der Waals surface area (Å²) >= 11 is 0. The second-order valence-corrected chi connectivity index (χ2v) is 6.41. The molecular weight excluding hydrogens is 371 g/mol. The second-order valence-electron chi connectivity index (χ2n) is 6.41. The van der Waals surface area contributed by atoms with Crippen LogP contribution >= 0.6 is 0 Å². The van der Waals surface area contributed by atoms with E-state index in [1.165, 1.54) is 12.4 Å². The maximum atomic E-state index is 13.6. The first-order valence-corrected chi connectivity index (χ1v) is 9.36. The standard InChI is InChI=1S/C22H23FN4O2/c1-29-18-7-4-5-16(13-18)9-11-24-21-14-20(26-15-27-21)22(28)25-12-10-17-6-2-3-8-19(17)23/h2-8,13-15H,9-12H2,1H3,(H,25,28)(H,24,26,27). The maximum Gasteiger partial charge on any atom is 0.270 e. The zero-order valence-corrected chi connectivity index (χ0v) is 16.2. The van der Waals surface area contributed by atoms with Crippen LogP contribution in [-0.2, 0) is 12.8 Å². The smallest absolute Gasteiger partial charge is 0.270 e. The van der Waals surface area contributed by atoms with Crippen LogP contribution in [0.15, 0.2) is 60.9 Å². The van der Waals surface area contributed by atoms with Crippen molar-refractivity contribution in [2.24, 2.45) is 0 Å². The molecule has 0 spiro atoms. The number of hydrogen-bond donors (Lipinski definition) is 2. The average Bonchev–Trinajstić information content (AvgIpc) is 2.75. The van der Waals surface area contributed by atoms with Gasteiger partial charge >= 0.3 is 0 Å². The van der Waals surface area contributed by atoms with Crippen molar-refractivity contribution in [3.63, 3.8) is 0 Å². The van der Waals surface area contributed by atoms with Gasteiger partial charge in [0.25, 0.3) is 5.91 Å². The molecule has 0 saturated heterocycles. The molecule has 2 N–H and O–H groups in total. The fourth-order valence-corrected chi connectivity index (χ4v) is 2.84. The maximum absolute atomic E-state index is 13.6. The van der Waals surface area contributed by atoms with Crippen LogP contribution in [0.1, 0.15) is 21.6 Å². The SMILES string of the molecule is COc1cccc(CCNc2cc(C(=O)NCCc3ccccc3F)ncn2)c1. The van der Waals surface area contributed by atoms with Crippen LogP contribution in [0.2, 0.25) is 0 Å². The first-order chi connectivity index (χ1) is 14.2. The molecule has 0 aliphatic rings. The molecule has 6 nitrogen and oxygen atoms in total. The number of carbonyl (C=O) groups excluding carboxylic acids is 1. The van der Waals surface area contributed by atoms with Crippen molar-refractivity contribution in [2.75, 3.05) is 25.5 Å². The number of hydrogen-bond acceptors (Lipinski definition) is 5. The van der Waals surface area contributed by atoms with Crippen LogP contribution in [0.3, 0.4) is 0 Å². The summed E-state index contributed by atoms with van der Waals surface area (Å²) in [5, 5.41) is 5.95. The van der Waals surface area contributed by atoms with Crippen molar-refractivity contribution < 1.29 is 13.9 Å². The van der Waals surface area contributed by atoms with E-state index >= 15 is 0 Å². The van der Waals surface area contributed by atoms with Gasteiger partial charge in [0.2, 0.25) is 0 Å². The van der Waals surface area contributed by atoms with Crippen molar-refractivity contribution in [3.05, 3.63) is 83.6 Å². The third-order valence-electron chi connectivity index (χ3n) is 4.39. The van der Waals surface area contributed by atoms with Gasteiger partial charge < -0.3 is 15.4 Å². The summed E-state index contributed by atoms with van der Waals surface area (Å²) in [5.74, 6) is 0.798. The predicted octanol–water partition coefficient (Wildman–Crippen LogP) is 3.25. The molecule has 1 heterocycles. The van der Waals surface area contributed by atoms with E-state index in [1.54, 1.807) is 31.4 Å². The quantitative estimate of drug-likeness (QED) is 0.583. The Bertz CT molecular complexity index is 965. The molecule has 150 valence electrons. The number of nitrogens with zero attached hydrogens (tertiary/aromatic N) is 2. The molecule has 0 fully saturated rings. The van der Waals surface area contributed by atoms with Crippen molar-refractivity contribution in [2.45, 2.75) is 12.8 Å². The minimum atomic E-state index is -0.320. The molecule has 1 aromatic heterocycles. The van der Waals surface area contributed by atoms with E-state index < -0.39 is 0 Å². The first-order valence-electron chi connectivity index (χ1n) is 9.36. The third kappa shape index (κ3) is 6.00. The number of aromatic nitrogens is 2. The van der Waals surface area contributed by atoms with Crippen molar-refractivity contribution >= 4 is 11.7 Å². The second kappa shape index (κ2) is 10.2. The van der Waals surface area contributed by atoms with E-state index in [4.69, 9.17) is 4.74 Å². The molecule has 2 aromatic carbocycles. The van der Waals surface area contributed by atoms with Crippen LogP contribution in [0.4, 0.5) is 10.2 Å². The van der Waals surface area contributed by atoms with Gasteiger partial charge in [-0.3, -0.25) is 4.79 Å². The number of halogens is 1. The van der Waals surface area contributed by atoms with Gasteiger partial charge in [-0.05, 0) is 42.2 Å². The molecule has 3 aromatic rings. The molecule has 0 unspecified atom stereocenters. The molecule has 1 amide bonds. The Kier molecular flexibility index (Phi) is 7.10. The van der Waals surface area contributed by atoms with Crippen LogP contribution in [0, 0.1) is 5.82 Å². The number of rotatable bonds is 9. The van der Waals surface area contributed by atoms with E-state index in [9.17, 15) is 9.18 Å². The number of amides is 1. The van der Waals surface area contributed by atoms with E-state index in [0.717, 1.165) is 17.7 Å². The minimum Gasteiger partial charge on any atom is -0.497 e. The van der Waals surface area contributed by atoms with Crippen LogP contribution in [-0.4, -0.2) is 36.1 Å². The number of carbonyl (C=O) groups is 1. The van der Waals surface area contributed by atoms with Crippen molar-refractivity contribution in [1.29, 1.82) is 0 Å². The number of nitrogens with one attached hydrogen (secondary N) is 2. The Morgan fingerprint density at radius 3 is 2.72 bits per heavy atom. The summed E-state index contributed by atoms with van der Waals surface area (Å²) in [7, 11) is 1.64. The van der Waals surface area contributed by atoms with Gasteiger partial charge in [-0.25, -0.2) is 14.4 Å². The van der Waals surface area contributed by atoms with Gasteiger partial charge in [-0.1, -0.05) is 30.3 Å². The lowest BCUT2D eigenvalue weighted by Crippen LogP contribution is -2.27. The minimum absolute atomic E-state index is 0.261. The summed E-state index contributed by atoms with van der Waals surface area (Å²) in [6, 6.07) is 16.0. The normalized spacial score (nSPS) is 10.4. The Balaban J connectivity index is 1.49. The largest absolute Gasteiger partial charge is 0.497 e. The highest BCUT2D eigenvalue weighted by atomic mass is 19.1. The third-order valence-corrected chi connectivity index (χ3v) is 4.39. The zero-order chi connectivity index (χ0) is 20.5. The Hall–Kier alpha value is -3.48. The fraction of sp³-hybridized carbons (Fsp3) is 0.227. The number of methoxy groups -OCH3 is 1. The zero-order valence-electron chi connectivity index (χ0n) is 16.2. The fourth-order valence-electron chi connectivity index (χ4n) is 2.84. The average molecular weight is 394 g/mol. The summed E-state index contributed by atoms with van der Waals surface area (Å²) in [5.41, 5.74) is 1.96. The van der Waals surface area contributed by atoms with Crippen LogP contribution in [0.5, 0.6) is 5.75 Å². The summed E-state index contributed by atoms with van der Waals surface area (Å²) in [6.07, 6.45) is 2.54. The monoisotopic (exact) mass is 394 g/mol. The molecule has 0 saturated carbocycles. The Labute approximate surface area is 169 Å². The lowest BCUT2D eigenvalue weighted by Gasteiger charge is -2.09. The molecule has 0 bridgehead atoms. The first kappa shape index (κ1) is 20.3. The van der Waals surface area contributed by atoms with Gasteiger partial charge in [0.1, 0.15) is 29.4 Å². The van der Waals surface area contributed by atoms with E-state index in [-0.39, 0.29) is 17.4 Å². The Morgan fingerprint density at radius 2 is 1.90 bits per heavy atom. The van der Waals surface area contributed by atoms with Gasteiger partial charge in [0.15, 0.2) is 0 Å². The van der Waals surface area contributed by atoms with E-state index in [2.05, 4.69) is 20.6 Å². The van der Waals surface area contributed by atoms with E-state index in [0.29, 0.717) is 30.9 Å². The summed E-state index contributed by atoms with van der Waals surface area (Å²) in [6.45, 7) is 0.973. The molecule has 0 aliphatic heterocycles. The predicted molar refractivity (Wildman–Crippen MR) is 110 cm³/mol. The lowest BCUT2D eigenvalue weighted by molar-refractivity contribution is 0.0949. The van der Waals surface area contributed by atoms with Gasteiger partial charge in [0, 0.05) is 19.2 Å². The summed E-state index contributed by atoms with van der Waals surface area (Å²) < 4.78 is 18.8. The highest BCUT2D eigenvalue weighted by molar-refractivity contribution is 5.92. The Morgan fingerprint density at radius 1 is 1.03 bits per heavy atom. The number of ether oxygens (including phenoxy) is 1. The van der Waals surface area contributed by atoms with Crippen molar-refractivity contribution in [3.8, 4) is 5.75 Å². The molecule has 0 atom stereocenters. The molecular formula is C22H23FN4O2. The summed E-state index contributed by atoms with van der Waals surface area (Å²) in [4.78, 5) is 20.5. The van der Waals surface area contributed by atoms with Gasteiger partial charge in [-0.15, -0.1) is 0 Å². The molecule has 0 aliphatic carbocycles. The number of benzene rings is 2. The number of anilines is 1. The molecule has 0 radical (unpaired) electrons. The van der Waals surface area contributed by atoms with Crippen molar-refractivity contribution in [1.82, 2.24) is 15.3 Å². The van der Waals surface area contributed by atoms with Crippen LogP contribution in [0.25, 0.3) is 0 Å².